The van der Waals surface area contributed by atoms with Gasteiger partial charge < -0.3 is 11.1 Å². The van der Waals surface area contributed by atoms with E-state index >= 15 is 0 Å². The average molecular weight is 261 g/mol. The van der Waals surface area contributed by atoms with Crippen molar-refractivity contribution in [3.8, 4) is 6.07 Å². The van der Waals surface area contributed by atoms with Gasteiger partial charge in [0.05, 0.1) is 10.7 Å². The summed E-state index contributed by atoms with van der Waals surface area (Å²) in [6.45, 7) is 0.719. The maximum Gasteiger partial charge on any atom is 0.129 e. The molecule has 3 N–H and O–H groups in total. The Morgan fingerprint density at radius 2 is 2.06 bits per heavy atom. The Bertz CT molecular complexity index is 569. The van der Waals surface area contributed by atoms with Gasteiger partial charge in [0.2, 0.25) is 0 Å². The molecule has 0 bridgehead atoms. The highest BCUT2D eigenvalue weighted by molar-refractivity contribution is 7.17. The van der Waals surface area contributed by atoms with Crippen LogP contribution in [0.15, 0.2) is 30.3 Å². The second kappa shape index (κ2) is 5.52. The number of nitrogens with zero attached hydrogens (tertiary/aromatic N) is 1. The number of nitrogen functional groups attached to an aromatic ring is 1. The van der Waals surface area contributed by atoms with Crippen LogP contribution in [0.5, 0.6) is 0 Å². The van der Waals surface area contributed by atoms with E-state index in [1.807, 2.05) is 6.07 Å². The Morgan fingerprint density at radius 3 is 2.67 bits per heavy atom. The number of thiophene rings is 1. The first-order chi connectivity index (χ1) is 8.69. The molecule has 0 radical (unpaired) electrons. The molecule has 2 rings (SSSR count). The molecule has 0 atom stereocenters. The van der Waals surface area contributed by atoms with Crippen LogP contribution in [0, 0.1) is 17.1 Å². The molecular formula is C13H12FN3S. The summed E-state index contributed by atoms with van der Waals surface area (Å²) in [7, 11) is 0. The maximum atomic E-state index is 12.7. The van der Waals surface area contributed by atoms with Gasteiger partial charge in [-0.15, -0.1) is 11.3 Å². The molecule has 0 aliphatic carbocycles. The second-order valence-corrected chi connectivity index (χ2v) is 4.86. The van der Waals surface area contributed by atoms with E-state index in [1.165, 1.54) is 23.5 Å². The smallest absolute Gasteiger partial charge is 0.129 e. The third-order valence-electron chi connectivity index (χ3n) is 2.49. The normalized spacial score (nSPS) is 10.0. The average Bonchev–Trinajstić information content (AvgIpc) is 2.72. The summed E-state index contributed by atoms with van der Waals surface area (Å²) >= 11 is 1.34. The molecule has 3 nitrogen and oxygen atoms in total. The molecule has 0 fully saturated rings. The van der Waals surface area contributed by atoms with Crippen LogP contribution in [0.3, 0.4) is 0 Å². The Kier molecular flexibility index (Phi) is 3.80. The lowest BCUT2D eigenvalue weighted by molar-refractivity contribution is 0.627. The van der Waals surface area contributed by atoms with Gasteiger partial charge in [0.15, 0.2) is 0 Å². The fourth-order valence-electron chi connectivity index (χ4n) is 1.56. The molecule has 1 aromatic carbocycles. The van der Waals surface area contributed by atoms with Crippen LogP contribution >= 0.6 is 11.3 Å². The maximum absolute atomic E-state index is 12.7. The fourth-order valence-corrected chi connectivity index (χ4v) is 2.36. The lowest BCUT2D eigenvalue weighted by atomic mass is 10.1. The summed E-state index contributed by atoms with van der Waals surface area (Å²) in [4.78, 5) is 0.527. The first-order valence-corrected chi connectivity index (χ1v) is 6.28. The van der Waals surface area contributed by atoms with Gasteiger partial charge in [-0.25, -0.2) is 4.39 Å². The van der Waals surface area contributed by atoms with E-state index in [0.29, 0.717) is 10.6 Å². The molecule has 18 heavy (non-hydrogen) atoms. The molecule has 1 heterocycles. The zero-order chi connectivity index (χ0) is 13.0. The summed E-state index contributed by atoms with van der Waals surface area (Å²) in [5.74, 6) is -0.226. The minimum absolute atomic E-state index is 0.226. The van der Waals surface area contributed by atoms with Crippen molar-refractivity contribution in [2.24, 2.45) is 0 Å². The number of anilines is 2. The first kappa shape index (κ1) is 12.4. The molecule has 0 amide bonds. The quantitative estimate of drug-likeness (QED) is 0.889. The van der Waals surface area contributed by atoms with Crippen LogP contribution in [0.4, 0.5) is 15.1 Å². The molecule has 0 spiro atoms. The van der Waals surface area contributed by atoms with Gasteiger partial charge >= 0.3 is 0 Å². The van der Waals surface area contributed by atoms with Gasteiger partial charge in [0.1, 0.15) is 16.8 Å². The molecule has 0 unspecified atom stereocenters. The van der Waals surface area contributed by atoms with E-state index in [2.05, 4.69) is 5.32 Å². The Morgan fingerprint density at radius 1 is 1.33 bits per heavy atom. The molecule has 2 aromatic rings. The number of nitriles is 1. The van der Waals surface area contributed by atoms with E-state index in [1.54, 1.807) is 18.2 Å². The summed E-state index contributed by atoms with van der Waals surface area (Å²) in [5, 5.41) is 12.9. The number of rotatable bonds is 4. The highest BCUT2D eigenvalue weighted by Gasteiger charge is 2.04. The minimum atomic E-state index is -0.226. The largest absolute Gasteiger partial charge is 0.397 e. The summed E-state index contributed by atoms with van der Waals surface area (Å²) in [5.41, 5.74) is 7.23. The van der Waals surface area contributed by atoms with Crippen LogP contribution in [0.1, 0.15) is 10.4 Å². The first-order valence-electron chi connectivity index (χ1n) is 5.47. The molecule has 0 aliphatic heterocycles. The Balaban J connectivity index is 1.88. The standard InChI is InChI=1S/C13H12FN3S/c14-10-3-1-9(2-4-10)5-6-17-13-7-11(16)12(8-15)18-13/h1-4,7,17H,5-6,16H2. The SMILES string of the molecule is N#Cc1sc(NCCc2ccc(F)cc2)cc1N. The number of nitrogens with one attached hydrogen (secondary N) is 1. The van der Waals surface area contributed by atoms with Crippen molar-refractivity contribution in [3.63, 3.8) is 0 Å². The molecule has 92 valence electrons. The zero-order valence-electron chi connectivity index (χ0n) is 9.61. The van der Waals surface area contributed by atoms with Crippen molar-refractivity contribution in [2.45, 2.75) is 6.42 Å². The number of hydrogen-bond donors (Lipinski definition) is 2. The third-order valence-corrected chi connectivity index (χ3v) is 3.50. The molecule has 5 heteroatoms. The van der Waals surface area contributed by atoms with E-state index in [-0.39, 0.29) is 5.82 Å². The summed E-state index contributed by atoms with van der Waals surface area (Å²) < 4.78 is 12.7. The zero-order valence-corrected chi connectivity index (χ0v) is 10.4. The number of halogens is 1. The van der Waals surface area contributed by atoms with E-state index in [4.69, 9.17) is 11.0 Å². The molecule has 0 aliphatic rings. The molecule has 0 saturated heterocycles. The third kappa shape index (κ3) is 2.99. The molecular weight excluding hydrogens is 249 g/mol. The van der Waals surface area contributed by atoms with Gasteiger partial charge in [-0.05, 0) is 30.2 Å². The summed E-state index contributed by atoms with van der Waals surface area (Å²) in [6.07, 6.45) is 0.792. The van der Waals surface area contributed by atoms with Crippen LogP contribution in [-0.2, 0) is 6.42 Å². The highest BCUT2D eigenvalue weighted by atomic mass is 32.1. The highest BCUT2D eigenvalue weighted by Crippen LogP contribution is 2.28. The van der Waals surface area contributed by atoms with Crippen LogP contribution in [0.25, 0.3) is 0 Å². The van der Waals surface area contributed by atoms with Crippen molar-refractivity contribution in [1.29, 1.82) is 5.26 Å². The van der Waals surface area contributed by atoms with Crippen molar-refractivity contribution < 1.29 is 4.39 Å². The van der Waals surface area contributed by atoms with E-state index in [9.17, 15) is 4.39 Å². The number of nitrogens with two attached hydrogens (primary N) is 1. The lowest BCUT2D eigenvalue weighted by Gasteiger charge is -2.03. The molecule has 1 aromatic heterocycles. The topological polar surface area (TPSA) is 61.8 Å². The van der Waals surface area contributed by atoms with E-state index < -0.39 is 0 Å². The Hall–Kier alpha value is -2.06. The fraction of sp³-hybridized carbons (Fsp3) is 0.154. The summed E-state index contributed by atoms with van der Waals surface area (Å²) in [6, 6.07) is 10.2. The molecule has 0 saturated carbocycles. The van der Waals surface area contributed by atoms with Crippen molar-refractivity contribution in [1.82, 2.24) is 0 Å². The van der Waals surface area contributed by atoms with Gasteiger partial charge in [-0.2, -0.15) is 5.26 Å². The van der Waals surface area contributed by atoms with Crippen LogP contribution < -0.4 is 11.1 Å². The number of hydrogen-bond acceptors (Lipinski definition) is 4. The second-order valence-electron chi connectivity index (χ2n) is 3.81. The lowest BCUT2D eigenvalue weighted by Crippen LogP contribution is -2.03. The van der Waals surface area contributed by atoms with Crippen molar-refractivity contribution in [3.05, 3.63) is 46.6 Å². The van der Waals surface area contributed by atoms with Crippen molar-refractivity contribution in [2.75, 3.05) is 17.6 Å². The predicted molar refractivity (Wildman–Crippen MR) is 72.0 cm³/mol. The number of benzene rings is 1. The van der Waals surface area contributed by atoms with Gasteiger partial charge in [-0.1, -0.05) is 12.1 Å². The van der Waals surface area contributed by atoms with Crippen LogP contribution in [-0.4, -0.2) is 6.54 Å². The van der Waals surface area contributed by atoms with Crippen molar-refractivity contribution >= 4 is 22.0 Å². The van der Waals surface area contributed by atoms with Gasteiger partial charge in [0, 0.05) is 6.54 Å². The van der Waals surface area contributed by atoms with Gasteiger partial charge in [0.25, 0.3) is 0 Å². The van der Waals surface area contributed by atoms with Crippen LogP contribution in [0.2, 0.25) is 0 Å². The Labute approximate surface area is 109 Å². The minimum Gasteiger partial charge on any atom is -0.397 e. The predicted octanol–water partition coefficient (Wildman–Crippen LogP) is 3.00. The van der Waals surface area contributed by atoms with Gasteiger partial charge in [-0.3, -0.25) is 0 Å². The monoisotopic (exact) mass is 261 g/mol. The van der Waals surface area contributed by atoms with E-state index in [0.717, 1.165) is 23.5 Å².